The minimum atomic E-state index is -0.786. The highest BCUT2D eigenvalue weighted by Crippen LogP contribution is 2.27. The number of aliphatic carboxylic acids is 1. The van der Waals surface area contributed by atoms with Crippen molar-refractivity contribution in [2.24, 2.45) is 13.0 Å². The summed E-state index contributed by atoms with van der Waals surface area (Å²) in [5.74, 6) is -1.24. The van der Waals surface area contributed by atoms with Crippen molar-refractivity contribution in [3.63, 3.8) is 0 Å². The van der Waals surface area contributed by atoms with E-state index in [2.05, 4.69) is 30.8 Å². The first-order valence-electron chi connectivity index (χ1n) is 7.24. The van der Waals surface area contributed by atoms with Crippen LogP contribution in [0.25, 0.3) is 0 Å². The van der Waals surface area contributed by atoms with Crippen LogP contribution in [-0.2, 0) is 28.5 Å². The van der Waals surface area contributed by atoms with Crippen LogP contribution in [0.4, 0.5) is 0 Å². The molecule has 0 spiro atoms. The molecule has 0 radical (unpaired) electrons. The molecule has 2 rings (SSSR count). The molecule has 1 fully saturated rings. The Hall–Kier alpha value is -1.40. The van der Waals surface area contributed by atoms with E-state index in [1.54, 1.807) is 0 Å². The Morgan fingerprint density at radius 2 is 2.19 bits per heavy atom. The molecule has 6 nitrogen and oxygen atoms in total. The number of rotatable bonds is 4. The van der Waals surface area contributed by atoms with Gasteiger partial charge < -0.3 is 9.84 Å². The van der Waals surface area contributed by atoms with Crippen LogP contribution in [0.2, 0.25) is 0 Å². The van der Waals surface area contributed by atoms with Crippen LogP contribution < -0.4 is 0 Å². The summed E-state index contributed by atoms with van der Waals surface area (Å²) in [6.45, 7) is 7.85. The van der Waals surface area contributed by atoms with Crippen molar-refractivity contribution in [1.29, 1.82) is 0 Å². The zero-order chi connectivity index (χ0) is 15.8. The fourth-order valence-electron chi connectivity index (χ4n) is 2.88. The Labute approximate surface area is 125 Å². The molecule has 0 aliphatic carbocycles. The fourth-order valence-corrected chi connectivity index (χ4v) is 2.88. The van der Waals surface area contributed by atoms with Gasteiger partial charge in [0.2, 0.25) is 0 Å². The van der Waals surface area contributed by atoms with E-state index >= 15 is 0 Å². The monoisotopic (exact) mass is 295 g/mol. The molecule has 2 atom stereocenters. The Balaban J connectivity index is 2.16. The molecule has 2 heterocycles. The van der Waals surface area contributed by atoms with E-state index in [1.807, 2.05) is 25.0 Å². The van der Waals surface area contributed by atoms with Crippen molar-refractivity contribution in [2.45, 2.75) is 38.8 Å². The van der Waals surface area contributed by atoms with E-state index in [1.165, 1.54) is 0 Å². The van der Waals surface area contributed by atoms with Crippen LogP contribution in [0.15, 0.2) is 6.20 Å². The highest BCUT2D eigenvalue weighted by Gasteiger charge is 2.37. The maximum atomic E-state index is 11.3. The number of hydrogen-bond acceptors (Lipinski definition) is 4. The smallest absolute Gasteiger partial charge is 0.310 e. The van der Waals surface area contributed by atoms with Gasteiger partial charge in [0, 0.05) is 36.8 Å². The molecule has 21 heavy (non-hydrogen) atoms. The Bertz CT molecular complexity index is 519. The molecule has 1 N–H and O–H groups in total. The van der Waals surface area contributed by atoms with Gasteiger partial charge in [0.05, 0.1) is 24.8 Å². The third-order valence-electron chi connectivity index (χ3n) is 3.97. The second kappa shape index (κ2) is 5.77. The highest BCUT2D eigenvalue weighted by molar-refractivity contribution is 5.71. The number of carboxylic acid groups (broad SMARTS) is 1. The predicted molar refractivity (Wildman–Crippen MR) is 79.1 cm³/mol. The van der Waals surface area contributed by atoms with Crippen LogP contribution in [0.1, 0.15) is 32.0 Å². The molecule has 1 aliphatic rings. The summed E-state index contributed by atoms with van der Waals surface area (Å²) in [7, 11) is 3.87. The molecule has 0 aromatic carbocycles. The second-order valence-corrected chi connectivity index (χ2v) is 6.89. The lowest BCUT2D eigenvalue weighted by atomic mass is 9.89. The molecule has 1 saturated heterocycles. The van der Waals surface area contributed by atoms with Gasteiger partial charge in [-0.3, -0.25) is 14.4 Å². The van der Waals surface area contributed by atoms with Gasteiger partial charge >= 0.3 is 5.97 Å². The average Bonchev–Trinajstić information content (AvgIpc) is 2.94. The minimum absolute atomic E-state index is 0.0319. The van der Waals surface area contributed by atoms with Crippen molar-refractivity contribution in [3.05, 3.63) is 17.5 Å². The van der Waals surface area contributed by atoms with Gasteiger partial charge in [-0.05, 0) is 7.05 Å². The standard InChI is InChI=1S/C15H25N3O3/c1-15(2,3)13-10(7-18(5)16-13)6-17(4)12-9-21-8-11(12)14(19)20/h7,11-12H,6,8-9H2,1-5H3,(H,19,20). The topological polar surface area (TPSA) is 67.6 Å². The summed E-state index contributed by atoms with van der Waals surface area (Å²) in [6, 6.07) is -0.0875. The molecule has 1 aromatic rings. The van der Waals surface area contributed by atoms with Crippen LogP contribution >= 0.6 is 0 Å². The maximum Gasteiger partial charge on any atom is 0.310 e. The zero-order valence-corrected chi connectivity index (χ0v) is 13.5. The van der Waals surface area contributed by atoms with E-state index in [-0.39, 0.29) is 11.5 Å². The van der Waals surface area contributed by atoms with Gasteiger partial charge in [-0.25, -0.2) is 0 Å². The molecular formula is C15H25N3O3. The van der Waals surface area contributed by atoms with Gasteiger partial charge in [-0.15, -0.1) is 0 Å². The van der Waals surface area contributed by atoms with Crippen molar-refractivity contribution in [2.75, 3.05) is 20.3 Å². The number of aryl methyl sites for hydroxylation is 1. The largest absolute Gasteiger partial charge is 0.481 e. The quantitative estimate of drug-likeness (QED) is 0.905. The summed E-state index contributed by atoms with van der Waals surface area (Å²) in [4.78, 5) is 13.3. The third-order valence-corrected chi connectivity index (χ3v) is 3.97. The molecule has 2 unspecified atom stereocenters. The van der Waals surface area contributed by atoms with Gasteiger partial charge in [-0.1, -0.05) is 20.8 Å². The minimum Gasteiger partial charge on any atom is -0.481 e. The Morgan fingerprint density at radius 3 is 2.76 bits per heavy atom. The van der Waals surface area contributed by atoms with Crippen molar-refractivity contribution in [3.8, 4) is 0 Å². The first-order chi connectivity index (χ1) is 9.70. The molecule has 0 amide bonds. The second-order valence-electron chi connectivity index (χ2n) is 6.89. The van der Waals surface area contributed by atoms with Crippen LogP contribution in [0.5, 0.6) is 0 Å². The van der Waals surface area contributed by atoms with Gasteiger partial charge in [0.1, 0.15) is 0 Å². The molecule has 0 bridgehead atoms. The zero-order valence-electron chi connectivity index (χ0n) is 13.5. The highest BCUT2D eigenvalue weighted by atomic mass is 16.5. The van der Waals surface area contributed by atoms with E-state index in [0.29, 0.717) is 19.8 Å². The first kappa shape index (κ1) is 16.0. The summed E-state index contributed by atoms with van der Waals surface area (Å²) in [5.41, 5.74) is 2.17. The summed E-state index contributed by atoms with van der Waals surface area (Å²) in [6.07, 6.45) is 2.02. The molecule has 0 saturated carbocycles. The Morgan fingerprint density at radius 1 is 1.52 bits per heavy atom. The third kappa shape index (κ3) is 3.44. The van der Waals surface area contributed by atoms with Gasteiger partial charge in [0.25, 0.3) is 0 Å². The number of carbonyl (C=O) groups is 1. The lowest BCUT2D eigenvalue weighted by Crippen LogP contribution is -2.40. The summed E-state index contributed by atoms with van der Waals surface area (Å²) in [5, 5.41) is 13.8. The van der Waals surface area contributed by atoms with Gasteiger partial charge in [-0.2, -0.15) is 5.10 Å². The van der Waals surface area contributed by atoms with Crippen LogP contribution in [0.3, 0.4) is 0 Å². The van der Waals surface area contributed by atoms with Crippen molar-refractivity contribution >= 4 is 5.97 Å². The van der Waals surface area contributed by atoms with E-state index in [9.17, 15) is 9.90 Å². The molecule has 118 valence electrons. The van der Waals surface area contributed by atoms with Crippen LogP contribution in [0, 0.1) is 5.92 Å². The van der Waals surface area contributed by atoms with Gasteiger partial charge in [0.15, 0.2) is 0 Å². The van der Waals surface area contributed by atoms with Crippen molar-refractivity contribution in [1.82, 2.24) is 14.7 Å². The fraction of sp³-hybridized carbons (Fsp3) is 0.733. The van der Waals surface area contributed by atoms with Crippen LogP contribution in [-0.4, -0.2) is 52.1 Å². The first-order valence-corrected chi connectivity index (χ1v) is 7.24. The number of hydrogen-bond donors (Lipinski definition) is 1. The number of ether oxygens (including phenoxy) is 1. The number of likely N-dealkylation sites (N-methyl/N-ethyl adjacent to an activating group) is 1. The SMILES string of the molecule is CN(Cc1cn(C)nc1C(C)(C)C)C1COCC1C(=O)O. The maximum absolute atomic E-state index is 11.3. The predicted octanol–water partition coefficient (Wildman–Crippen LogP) is 1.25. The molecule has 6 heteroatoms. The summed E-state index contributed by atoms with van der Waals surface area (Å²) >= 11 is 0. The normalized spacial score (nSPS) is 23.0. The number of carboxylic acids is 1. The number of nitrogens with zero attached hydrogens (tertiary/aromatic N) is 3. The molecular weight excluding hydrogens is 270 g/mol. The lowest BCUT2D eigenvalue weighted by molar-refractivity contribution is -0.143. The Kier molecular flexibility index (Phi) is 4.39. The summed E-state index contributed by atoms with van der Waals surface area (Å²) < 4.78 is 7.17. The van der Waals surface area contributed by atoms with E-state index in [0.717, 1.165) is 11.3 Å². The molecule has 1 aliphatic heterocycles. The molecule has 1 aromatic heterocycles. The number of aromatic nitrogens is 2. The van der Waals surface area contributed by atoms with Crippen molar-refractivity contribution < 1.29 is 14.6 Å². The van der Waals surface area contributed by atoms with E-state index < -0.39 is 11.9 Å². The van der Waals surface area contributed by atoms with E-state index in [4.69, 9.17) is 4.74 Å². The average molecular weight is 295 g/mol. The lowest BCUT2D eigenvalue weighted by Gasteiger charge is -2.27.